The van der Waals surface area contributed by atoms with E-state index < -0.39 is 23.3 Å². The van der Waals surface area contributed by atoms with Gasteiger partial charge in [-0.15, -0.1) is 5.10 Å². The van der Waals surface area contributed by atoms with Crippen LogP contribution in [0.3, 0.4) is 0 Å². The van der Waals surface area contributed by atoms with E-state index in [4.69, 9.17) is 5.73 Å². The Morgan fingerprint density at radius 3 is 2.52 bits per heavy atom. The molecule has 2 aromatic heterocycles. The Morgan fingerprint density at radius 1 is 1.14 bits per heavy atom. The second-order valence-corrected chi connectivity index (χ2v) is 6.37. The van der Waals surface area contributed by atoms with Crippen LogP contribution in [0.15, 0.2) is 42.5 Å². The van der Waals surface area contributed by atoms with Gasteiger partial charge in [0.25, 0.3) is 0 Å². The molecule has 29 heavy (non-hydrogen) atoms. The van der Waals surface area contributed by atoms with Crippen LogP contribution in [-0.2, 0) is 0 Å². The zero-order valence-electron chi connectivity index (χ0n) is 15.1. The Kier molecular flexibility index (Phi) is 4.41. The van der Waals surface area contributed by atoms with E-state index >= 15 is 0 Å². The van der Waals surface area contributed by atoms with E-state index in [1.807, 2.05) is 0 Å². The molecule has 7 nitrogen and oxygen atoms in total. The fourth-order valence-electron chi connectivity index (χ4n) is 3.12. The van der Waals surface area contributed by atoms with Crippen LogP contribution in [0.1, 0.15) is 28.6 Å². The fraction of sp³-hybridized carbons (Fsp3) is 0.100. The molecule has 0 radical (unpaired) electrons. The number of hydrogen-bond acceptors (Lipinski definition) is 6. The zero-order valence-corrected chi connectivity index (χ0v) is 15.1. The minimum atomic E-state index is -1.72. The molecule has 9 heteroatoms. The van der Waals surface area contributed by atoms with Gasteiger partial charge in [-0.2, -0.15) is 9.78 Å². The standard InChI is InChI=1S/C20H14F2N6O/c1-10-11(9-23)4-2-5-12(10)15-8-16-26-19(27-28(16)20(24)25-15)18(29)17-13(21)6-3-7-14(17)22/h2-8,18,29H,1H3,(H2,24,25). The first-order valence-corrected chi connectivity index (χ1v) is 8.56. The number of rotatable bonds is 3. The second-order valence-electron chi connectivity index (χ2n) is 6.37. The van der Waals surface area contributed by atoms with Crippen molar-refractivity contribution in [2.24, 2.45) is 0 Å². The molecule has 4 aromatic rings. The molecule has 0 aliphatic heterocycles. The van der Waals surface area contributed by atoms with Crippen molar-refractivity contribution in [2.75, 3.05) is 5.73 Å². The number of benzene rings is 2. The van der Waals surface area contributed by atoms with Gasteiger partial charge in [0.1, 0.15) is 17.7 Å². The highest BCUT2D eigenvalue weighted by molar-refractivity contribution is 5.70. The number of nitrogen functional groups attached to an aromatic ring is 1. The van der Waals surface area contributed by atoms with Gasteiger partial charge in [-0.05, 0) is 30.7 Å². The highest BCUT2D eigenvalue weighted by Crippen LogP contribution is 2.28. The molecule has 0 aliphatic carbocycles. The van der Waals surface area contributed by atoms with Crippen molar-refractivity contribution in [3.63, 3.8) is 0 Å². The SMILES string of the molecule is Cc1c(C#N)cccc1-c1cc2nc(C(O)c3c(F)cccc3F)nn2c(N)n1. The first-order valence-electron chi connectivity index (χ1n) is 8.56. The van der Waals surface area contributed by atoms with Crippen molar-refractivity contribution >= 4 is 11.6 Å². The molecule has 1 unspecified atom stereocenters. The minimum absolute atomic E-state index is 0.0285. The van der Waals surface area contributed by atoms with E-state index in [-0.39, 0.29) is 17.4 Å². The van der Waals surface area contributed by atoms with Crippen LogP contribution in [0, 0.1) is 29.9 Å². The number of halogens is 2. The third kappa shape index (κ3) is 3.05. The Hall–Kier alpha value is -3.90. The molecule has 3 N–H and O–H groups in total. The first-order chi connectivity index (χ1) is 13.9. The summed E-state index contributed by atoms with van der Waals surface area (Å²) in [6.07, 6.45) is -1.72. The summed E-state index contributed by atoms with van der Waals surface area (Å²) >= 11 is 0. The molecule has 1 atom stereocenters. The highest BCUT2D eigenvalue weighted by Gasteiger charge is 2.24. The van der Waals surface area contributed by atoms with Gasteiger partial charge < -0.3 is 10.8 Å². The average Bonchev–Trinajstić information content (AvgIpc) is 3.13. The predicted molar refractivity (Wildman–Crippen MR) is 101 cm³/mol. The van der Waals surface area contributed by atoms with Gasteiger partial charge in [0.2, 0.25) is 5.95 Å². The van der Waals surface area contributed by atoms with Crippen molar-refractivity contribution in [2.45, 2.75) is 13.0 Å². The third-order valence-electron chi connectivity index (χ3n) is 4.61. The number of nitriles is 1. The molecule has 0 fully saturated rings. The van der Waals surface area contributed by atoms with E-state index in [0.29, 0.717) is 16.8 Å². The number of aliphatic hydroxyl groups excluding tert-OH is 1. The van der Waals surface area contributed by atoms with Gasteiger partial charge >= 0.3 is 0 Å². The lowest BCUT2D eigenvalue weighted by Crippen LogP contribution is -2.08. The second kappa shape index (κ2) is 6.92. The summed E-state index contributed by atoms with van der Waals surface area (Å²) in [4.78, 5) is 8.46. The van der Waals surface area contributed by atoms with Crippen LogP contribution in [0.5, 0.6) is 0 Å². The van der Waals surface area contributed by atoms with Crippen molar-refractivity contribution in [3.05, 3.63) is 76.6 Å². The summed E-state index contributed by atoms with van der Waals surface area (Å²) in [5.74, 6) is -2.07. The number of nitrogens with two attached hydrogens (primary N) is 1. The molecule has 0 saturated carbocycles. The summed E-state index contributed by atoms with van der Waals surface area (Å²) in [7, 11) is 0. The monoisotopic (exact) mass is 392 g/mol. The van der Waals surface area contributed by atoms with E-state index in [0.717, 1.165) is 17.7 Å². The largest absolute Gasteiger partial charge is 0.380 e. The van der Waals surface area contributed by atoms with E-state index in [1.54, 1.807) is 31.2 Å². The van der Waals surface area contributed by atoms with Crippen LogP contribution in [-0.4, -0.2) is 24.7 Å². The lowest BCUT2D eigenvalue weighted by atomic mass is 10.0. The van der Waals surface area contributed by atoms with Crippen LogP contribution < -0.4 is 5.73 Å². The summed E-state index contributed by atoms with van der Waals surface area (Å²) in [6.45, 7) is 1.79. The lowest BCUT2D eigenvalue weighted by Gasteiger charge is -2.09. The summed E-state index contributed by atoms with van der Waals surface area (Å²) in [5, 5.41) is 23.7. The number of aliphatic hydroxyl groups is 1. The maximum absolute atomic E-state index is 14.0. The molecular formula is C20H14F2N6O. The van der Waals surface area contributed by atoms with Gasteiger partial charge in [-0.25, -0.2) is 18.7 Å². The molecule has 0 aliphatic rings. The number of nitrogens with zero attached hydrogens (tertiary/aromatic N) is 5. The van der Waals surface area contributed by atoms with Crippen molar-refractivity contribution < 1.29 is 13.9 Å². The fourth-order valence-corrected chi connectivity index (χ4v) is 3.12. The van der Waals surface area contributed by atoms with Crippen LogP contribution in [0.4, 0.5) is 14.7 Å². The van der Waals surface area contributed by atoms with Gasteiger partial charge in [-0.1, -0.05) is 18.2 Å². The smallest absolute Gasteiger partial charge is 0.223 e. The van der Waals surface area contributed by atoms with E-state index in [2.05, 4.69) is 21.1 Å². The van der Waals surface area contributed by atoms with Gasteiger partial charge in [0, 0.05) is 11.6 Å². The molecule has 0 spiro atoms. The molecular weight excluding hydrogens is 378 g/mol. The molecule has 4 rings (SSSR count). The highest BCUT2D eigenvalue weighted by atomic mass is 19.1. The van der Waals surface area contributed by atoms with E-state index in [9.17, 15) is 19.1 Å². The third-order valence-corrected chi connectivity index (χ3v) is 4.61. The van der Waals surface area contributed by atoms with Crippen LogP contribution in [0.25, 0.3) is 16.9 Å². The Labute approximate surface area is 163 Å². The number of anilines is 1. The maximum Gasteiger partial charge on any atom is 0.223 e. The first kappa shape index (κ1) is 18.5. The molecule has 2 aromatic carbocycles. The zero-order chi connectivity index (χ0) is 20.7. The number of aromatic nitrogens is 4. The Bertz CT molecular complexity index is 1270. The predicted octanol–water partition coefficient (Wildman–Crippen LogP) is 2.91. The van der Waals surface area contributed by atoms with Crippen LogP contribution in [0.2, 0.25) is 0 Å². The molecule has 0 bridgehead atoms. The molecule has 0 amide bonds. The summed E-state index contributed by atoms with van der Waals surface area (Å²) < 4.78 is 29.2. The Balaban J connectivity index is 1.84. The normalized spacial score (nSPS) is 12.1. The maximum atomic E-state index is 14.0. The molecule has 144 valence electrons. The van der Waals surface area contributed by atoms with E-state index in [1.165, 1.54) is 10.6 Å². The average molecular weight is 392 g/mol. The summed E-state index contributed by atoms with van der Waals surface area (Å²) in [5.41, 5.74) is 8.02. The summed E-state index contributed by atoms with van der Waals surface area (Å²) in [6, 6.07) is 12.2. The van der Waals surface area contributed by atoms with Gasteiger partial charge in [-0.3, -0.25) is 0 Å². The lowest BCUT2D eigenvalue weighted by molar-refractivity contribution is 0.199. The number of hydrogen-bond donors (Lipinski definition) is 2. The minimum Gasteiger partial charge on any atom is -0.380 e. The van der Waals surface area contributed by atoms with Crippen molar-refractivity contribution in [1.82, 2.24) is 19.6 Å². The molecule has 2 heterocycles. The van der Waals surface area contributed by atoms with Crippen molar-refractivity contribution in [1.29, 1.82) is 5.26 Å². The van der Waals surface area contributed by atoms with Crippen LogP contribution >= 0.6 is 0 Å². The molecule has 0 saturated heterocycles. The quantitative estimate of drug-likeness (QED) is 0.554. The van der Waals surface area contributed by atoms with Crippen molar-refractivity contribution in [3.8, 4) is 17.3 Å². The topological polar surface area (TPSA) is 113 Å². The number of fused-ring (bicyclic) bond motifs is 1. The Morgan fingerprint density at radius 2 is 1.83 bits per heavy atom. The van der Waals surface area contributed by atoms with Gasteiger partial charge in [0.05, 0.1) is 22.9 Å². The van der Waals surface area contributed by atoms with Gasteiger partial charge in [0.15, 0.2) is 11.5 Å².